The van der Waals surface area contributed by atoms with Gasteiger partial charge in [0.05, 0.1) is 6.61 Å². The van der Waals surface area contributed by atoms with Gasteiger partial charge in [0.15, 0.2) is 5.76 Å². The van der Waals surface area contributed by atoms with Crippen molar-refractivity contribution in [3.8, 4) is 12.3 Å². The summed E-state index contributed by atoms with van der Waals surface area (Å²) >= 11 is 0. The molecule has 2 aliphatic rings. The summed E-state index contributed by atoms with van der Waals surface area (Å²) in [4.78, 5) is 15.2. The molecule has 2 aliphatic heterocycles. The highest BCUT2D eigenvalue weighted by Gasteiger charge is 2.31. The SMILES string of the molecule is C#Cc1ccc([C@@H]2C=C(C(=O)N3CCCCCCC3)O[C@H](OCCCCO)C2)cc1. The number of allylic oxidation sites excluding steroid dienone is 1. The van der Waals surface area contributed by atoms with Crippen molar-refractivity contribution in [3.05, 3.63) is 47.2 Å². The van der Waals surface area contributed by atoms with E-state index in [1.807, 2.05) is 35.2 Å². The van der Waals surface area contributed by atoms with Gasteiger partial charge >= 0.3 is 0 Å². The first kappa shape index (κ1) is 22.4. The van der Waals surface area contributed by atoms with Gasteiger partial charge in [-0.15, -0.1) is 6.42 Å². The number of unbranched alkanes of at least 4 members (excludes halogenated alkanes) is 1. The van der Waals surface area contributed by atoms with E-state index in [1.54, 1.807) is 0 Å². The molecule has 1 N–H and O–H groups in total. The predicted octanol–water partition coefficient (Wildman–Crippen LogP) is 3.96. The molecule has 0 radical (unpaired) electrons. The number of amides is 1. The second kappa shape index (κ2) is 11.8. The largest absolute Gasteiger partial charge is 0.459 e. The van der Waals surface area contributed by atoms with Crippen molar-refractivity contribution < 1.29 is 19.4 Å². The van der Waals surface area contributed by atoms with Gasteiger partial charge in [0.1, 0.15) is 0 Å². The molecule has 0 aliphatic carbocycles. The number of rotatable bonds is 7. The zero-order valence-corrected chi connectivity index (χ0v) is 17.7. The fraction of sp³-hybridized carbons (Fsp3) is 0.560. The lowest BCUT2D eigenvalue weighted by atomic mass is 9.92. The van der Waals surface area contributed by atoms with Gasteiger partial charge in [0.25, 0.3) is 5.91 Å². The maximum absolute atomic E-state index is 13.2. The van der Waals surface area contributed by atoms with Crippen LogP contribution in [0.4, 0.5) is 0 Å². The van der Waals surface area contributed by atoms with E-state index < -0.39 is 6.29 Å². The van der Waals surface area contributed by atoms with Crippen molar-refractivity contribution in [2.24, 2.45) is 0 Å². The Labute approximate surface area is 180 Å². The second-order valence-electron chi connectivity index (χ2n) is 8.05. The van der Waals surface area contributed by atoms with Crippen molar-refractivity contribution in [2.45, 2.75) is 63.6 Å². The summed E-state index contributed by atoms with van der Waals surface area (Å²) in [5, 5.41) is 8.98. The van der Waals surface area contributed by atoms with Crippen molar-refractivity contribution >= 4 is 5.91 Å². The van der Waals surface area contributed by atoms with Crippen LogP contribution in [0.1, 0.15) is 68.4 Å². The third-order valence-electron chi connectivity index (χ3n) is 5.77. The van der Waals surface area contributed by atoms with Crippen LogP contribution in [-0.2, 0) is 14.3 Å². The second-order valence-corrected chi connectivity index (χ2v) is 8.05. The molecule has 5 heteroatoms. The number of aliphatic hydroxyl groups is 1. The van der Waals surface area contributed by atoms with E-state index in [1.165, 1.54) is 19.3 Å². The molecule has 0 bridgehead atoms. The number of nitrogens with zero attached hydrogens (tertiary/aromatic N) is 1. The molecule has 0 aromatic heterocycles. The Hall–Kier alpha value is -2.29. The van der Waals surface area contributed by atoms with Crippen molar-refractivity contribution in [1.29, 1.82) is 0 Å². The molecule has 3 rings (SSSR count). The monoisotopic (exact) mass is 411 g/mol. The Morgan fingerprint density at radius 3 is 2.50 bits per heavy atom. The van der Waals surface area contributed by atoms with Gasteiger partial charge < -0.3 is 19.5 Å². The van der Waals surface area contributed by atoms with Crippen molar-refractivity contribution in [3.63, 3.8) is 0 Å². The maximum Gasteiger partial charge on any atom is 0.288 e. The number of ether oxygens (including phenoxy) is 2. The lowest BCUT2D eigenvalue weighted by Gasteiger charge is -2.32. The molecule has 1 fully saturated rings. The fourth-order valence-electron chi connectivity index (χ4n) is 4.00. The van der Waals surface area contributed by atoms with Gasteiger partial charge in [-0.2, -0.15) is 0 Å². The molecular weight excluding hydrogens is 378 g/mol. The third-order valence-corrected chi connectivity index (χ3v) is 5.77. The molecule has 1 amide bonds. The van der Waals surface area contributed by atoms with Crippen LogP contribution in [0.5, 0.6) is 0 Å². The number of aliphatic hydroxyl groups excluding tert-OH is 1. The van der Waals surface area contributed by atoms with Gasteiger partial charge in [-0.3, -0.25) is 4.79 Å². The normalized spacial score (nSPS) is 22.3. The van der Waals surface area contributed by atoms with E-state index in [2.05, 4.69) is 5.92 Å². The summed E-state index contributed by atoms with van der Waals surface area (Å²) in [5.41, 5.74) is 1.93. The molecule has 1 aromatic rings. The van der Waals surface area contributed by atoms with Gasteiger partial charge in [-0.05, 0) is 49.5 Å². The highest BCUT2D eigenvalue weighted by atomic mass is 16.7. The Kier molecular flexibility index (Phi) is 8.80. The lowest BCUT2D eigenvalue weighted by Crippen LogP contribution is -2.38. The number of carbonyl (C=O) groups is 1. The highest BCUT2D eigenvalue weighted by Crippen LogP contribution is 2.32. The lowest BCUT2D eigenvalue weighted by molar-refractivity contribution is -0.153. The van der Waals surface area contributed by atoms with E-state index in [4.69, 9.17) is 21.0 Å². The smallest absolute Gasteiger partial charge is 0.288 e. The molecule has 5 nitrogen and oxygen atoms in total. The number of carbonyl (C=O) groups excluding carboxylic acids is 1. The fourth-order valence-corrected chi connectivity index (χ4v) is 4.00. The molecule has 0 saturated carbocycles. The van der Waals surface area contributed by atoms with Crippen LogP contribution < -0.4 is 0 Å². The quantitative estimate of drug-likeness (QED) is 0.545. The molecular formula is C25H33NO4. The summed E-state index contributed by atoms with van der Waals surface area (Å²) in [6.45, 7) is 2.21. The van der Waals surface area contributed by atoms with E-state index in [9.17, 15) is 4.79 Å². The molecule has 30 heavy (non-hydrogen) atoms. The number of hydrogen-bond acceptors (Lipinski definition) is 4. The average molecular weight is 412 g/mol. The number of benzene rings is 1. The van der Waals surface area contributed by atoms with Gasteiger partial charge in [-0.25, -0.2) is 0 Å². The minimum absolute atomic E-state index is 0.0297. The Morgan fingerprint density at radius 2 is 1.83 bits per heavy atom. The molecule has 1 saturated heterocycles. The first-order chi connectivity index (χ1) is 14.7. The molecule has 0 unspecified atom stereocenters. The molecule has 2 heterocycles. The van der Waals surface area contributed by atoms with E-state index in [0.717, 1.165) is 43.5 Å². The van der Waals surface area contributed by atoms with Crippen molar-refractivity contribution in [2.75, 3.05) is 26.3 Å². The summed E-state index contributed by atoms with van der Waals surface area (Å²) < 4.78 is 11.9. The topological polar surface area (TPSA) is 59.0 Å². The summed E-state index contributed by atoms with van der Waals surface area (Å²) in [6.07, 6.45) is 14.7. The summed E-state index contributed by atoms with van der Waals surface area (Å²) in [7, 11) is 0. The first-order valence-corrected chi connectivity index (χ1v) is 11.2. The number of terminal acetylenes is 1. The molecule has 162 valence electrons. The Bertz CT molecular complexity index is 741. The van der Waals surface area contributed by atoms with Crippen LogP contribution in [0.25, 0.3) is 0 Å². The number of likely N-dealkylation sites (tertiary alicyclic amines) is 1. The van der Waals surface area contributed by atoms with Crippen LogP contribution in [0.3, 0.4) is 0 Å². The highest BCUT2D eigenvalue weighted by molar-refractivity contribution is 5.91. The predicted molar refractivity (Wildman–Crippen MR) is 117 cm³/mol. The summed E-state index contributed by atoms with van der Waals surface area (Å²) in [6, 6.07) is 7.89. The van der Waals surface area contributed by atoms with E-state index in [0.29, 0.717) is 25.2 Å². The Morgan fingerprint density at radius 1 is 1.13 bits per heavy atom. The molecule has 1 aromatic carbocycles. The Balaban J connectivity index is 1.75. The van der Waals surface area contributed by atoms with Gasteiger partial charge in [0, 0.05) is 37.6 Å². The average Bonchev–Trinajstić information content (AvgIpc) is 2.76. The minimum atomic E-state index is -0.472. The zero-order valence-electron chi connectivity index (χ0n) is 17.7. The van der Waals surface area contributed by atoms with E-state index >= 15 is 0 Å². The van der Waals surface area contributed by atoms with E-state index in [-0.39, 0.29) is 18.4 Å². The van der Waals surface area contributed by atoms with Crippen molar-refractivity contribution in [1.82, 2.24) is 4.90 Å². The van der Waals surface area contributed by atoms with Crippen LogP contribution in [0, 0.1) is 12.3 Å². The van der Waals surface area contributed by atoms with Crippen LogP contribution in [0.15, 0.2) is 36.1 Å². The summed E-state index contributed by atoms with van der Waals surface area (Å²) in [5.74, 6) is 3.02. The minimum Gasteiger partial charge on any atom is -0.459 e. The van der Waals surface area contributed by atoms with Crippen LogP contribution in [-0.4, -0.2) is 48.5 Å². The maximum atomic E-state index is 13.2. The molecule has 0 spiro atoms. The van der Waals surface area contributed by atoms with Crippen LogP contribution in [0.2, 0.25) is 0 Å². The first-order valence-electron chi connectivity index (χ1n) is 11.2. The molecule has 2 atom stereocenters. The third kappa shape index (κ3) is 6.35. The zero-order chi connectivity index (χ0) is 21.2. The number of hydrogen-bond donors (Lipinski definition) is 1. The standard InChI is InChI=1S/C25H33NO4/c1-2-20-10-12-21(13-11-20)22-18-23(30-24(19-22)29-17-9-8-16-27)25(28)26-14-6-4-3-5-7-15-26/h1,10-13,18,22,24,27H,3-9,14-17,19H2/t22-,24+/m1/s1. The van der Waals surface area contributed by atoms with Crippen LogP contribution >= 0.6 is 0 Å². The van der Waals surface area contributed by atoms with Gasteiger partial charge in [-0.1, -0.05) is 37.3 Å². The van der Waals surface area contributed by atoms with Gasteiger partial charge in [0.2, 0.25) is 6.29 Å².